The van der Waals surface area contributed by atoms with E-state index in [1.165, 1.54) is 0 Å². The zero-order valence-corrected chi connectivity index (χ0v) is 15.3. The highest BCUT2D eigenvalue weighted by molar-refractivity contribution is 5.77. The summed E-state index contributed by atoms with van der Waals surface area (Å²) in [5.41, 5.74) is 5.08. The lowest BCUT2D eigenvalue weighted by atomic mass is 10.1. The van der Waals surface area contributed by atoms with Crippen LogP contribution in [0.15, 0.2) is 85.2 Å². The first-order chi connectivity index (χ1) is 13.7. The molecule has 0 aliphatic carbocycles. The van der Waals surface area contributed by atoms with Crippen LogP contribution in [0.5, 0.6) is 0 Å². The van der Waals surface area contributed by atoms with Gasteiger partial charge in [0.1, 0.15) is 12.4 Å². The number of benzene rings is 3. The molecule has 0 bridgehead atoms. The van der Waals surface area contributed by atoms with Crippen LogP contribution in [0.1, 0.15) is 11.1 Å². The molecular formula is C23H21N3O2. The molecule has 0 spiro atoms. The molecule has 2 N–H and O–H groups in total. The van der Waals surface area contributed by atoms with Crippen LogP contribution in [0.2, 0.25) is 0 Å². The number of carbonyl (C=O) groups is 1. The molecule has 0 aliphatic heterocycles. The fraction of sp³-hybridized carbons (Fsp3) is 0.130. The van der Waals surface area contributed by atoms with E-state index in [1.807, 2.05) is 89.8 Å². The summed E-state index contributed by atoms with van der Waals surface area (Å²) >= 11 is 0. The van der Waals surface area contributed by atoms with E-state index in [2.05, 4.69) is 10.3 Å². The van der Waals surface area contributed by atoms with Crippen molar-refractivity contribution in [3.8, 4) is 5.69 Å². The topological polar surface area (TPSA) is 67.2 Å². The summed E-state index contributed by atoms with van der Waals surface area (Å²) in [6.07, 6.45) is 2.27. The van der Waals surface area contributed by atoms with Gasteiger partial charge in [-0.2, -0.15) is 0 Å². The van der Waals surface area contributed by atoms with E-state index in [0.29, 0.717) is 13.0 Å². The third kappa shape index (κ3) is 3.94. The molecule has 5 nitrogen and oxygen atoms in total. The Morgan fingerprint density at radius 2 is 1.64 bits per heavy atom. The van der Waals surface area contributed by atoms with Crippen molar-refractivity contribution >= 4 is 17.0 Å². The third-order valence-corrected chi connectivity index (χ3v) is 4.80. The fourth-order valence-corrected chi connectivity index (χ4v) is 3.28. The van der Waals surface area contributed by atoms with Crippen LogP contribution in [0.25, 0.3) is 16.7 Å². The van der Waals surface area contributed by atoms with Gasteiger partial charge in [-0.3, -0.25) is 9.36 Å². The van der Waals surface area contributed by atoms with Gasteiger partial charge in [-0.1, -0.05) is 54.6 Å². The van der Waals surface area contributed by atoms with E-state index in [1.54, 1.807) is 0 Å². The molecule has 28 heavy (non-hydrogen) atoms. The Balaban J connectivity index is 1.44. The maximum Gasteiger partial charge on any atom is 0.321 e. The van der Waals surface area contributed by atoms with E-state index in [4.69, 9.17) is 0 Å². The largest absolute Gasteiger partial charge is 0.480 e. The van der Waals surface area contributed by atoms with E-state index >= 15 is 0 Å². The highest BCUT2D eigenvalue weighted by Gasteiger charge is 2.17. The maximum atomic E-state index is 11.6. The molecule has 3 aromatic carbocycles. The Labute approximate surface area is 163 Å². The van der Waals surface area contributed by atoms with Gasteiger partial charge in [0.15, 0.2) is 0 Å². The minimum absolute atomic E-state index is 0.454. The average molecular weight is 371 g/mol. The lowest BCUT2D eigenvalue weighted by Crippen LogP contribution is -2.38. The number of hydrogen-bond donors (Lipinski definition) is 2. The van der Waals surface area contributed by atoms with Gasteiger partial charge < -0.3 is 10.4 Å². The van der Waals surface area contributed by atoms with Gasteiger partial charge in [-0.05, 0) is 41.8 Å². The Morgan fingerprint density at radius 1 is 0.929 bits per heavy atom. The monoisotopic (exact) mass is 371 g/mol. The molecule has 1 heterocycles. The van der Waals surface area contributed by atoms with Crippen molar-refractivity contribution < 1.29 is 9.90 Å². The van der Waals surface area contributed by atoms with Gasteiger partial charge in [-0.15, -0.1) is 0 Å². The SMILES string of the molecule is O=C(O)[C@H](Cc1ccccc1)NCc1ccc(-n2cnc3ccccc32)cc1. The minimum atomic E-state index is -0.842. The molecule has 0 saturated heterocycles. The molecule has 4 rings (SSSR count). The van der Waals surface area contributed by atoms with Crippen molar-refractivity contribution in [1.29, 1.82) is 0 Å². The summed E-state index contributed by atoms with van der Waals surface area (Å²) in [6.45, 7) is 0.495. The molecular weight excluding hydrogens is 350 g/mol. The maximum absolute atomic E-state index is 11.6. The summed E-state index contributed by atoms with van der Waals surface area (Å²) in [6, 6.07) is 25.1. The second-order valence-electron chi connectivity index (χ2n) is 6.73. The summed E-state index contributed by atoms with van der Waals surface area (Å²) in [5, 5.41) is 12.7. The summed E-state index contributed by atoms with van der Waals surface area (Å²) < 4.78 is 2.04. The highest BCUT2D eigenvalue weighted by Crippen LogP contribution is 2.18. The first kappa shape index (κ1) is 17.9. The molecule has 0 amide bonds. The molecule has 0 saturated carbocycles. The molecule has 1 atom stereocenters. The number of fused-ring (bicyclic) bond motifs is 1. The number of hydrogen-bond acceptors (Lipinski definition) is 3. The van der Waals surface area contributed by atoms with Crippen LogP contribution in [-0.4, -0.2) is 26.7 Å². The van der Waals surface area contributed by atoms with Crippen molar-refractivity contribution in [3.05, 3.63) is 96.3 Å². The number of rotatable bonds is 7. The van der Waals surface area contributed by atoms with Gasteiger partial charge in [0.05, 0.1) is 11.0 Å². The zero-order valence-electron chi connectivity index (χ0n) is 15.3. The third-order valence-electron chi connectivity index (χ3n) is 4.80. The second-order valence-corrected chi connectivity index (χ2v) is 6.73. The van der Waals surface area contributed by atoms with Crippen molar-refractivity contribution in [2.75, 3.05) is 0 Å². The summed E-state index contributed by atoms with van der Waals surface area (Å²) in [5.74, 6) is -0.842. The Bertz CT molecular complexity index is 1070. The van der Waals surface area contributed by atoms with E-state index in [0.717, 1.165) is 27.8 Å². The predicted octanol–water partition coefficient (Wildman–Crippen LogP) is 3.81. The fourth-order valence-electron chi connectivity index (χ4n) is 3.28. The van der Waals surface area contributed by atoms with Crippen LogP contribution in [0, 0.1) is 0 Å². The molecule has 0 fully saturated rings. The molecule has 4 aromatic rings. The number of carboxylic acid groups (broad SMARTS) is 1. The Hall–Kier alpha value is -3.44. The van der Waals surface area contributed by atoms with Crippen LogP contribution >= 0.6 is 0 Å². The lowest BCUT2D eigenvalue weighted by Gasteiger charge is -2.15. The smallest absolute Gasteiger partial charge is 0.321 e. The highest BCUT2D eigenvalue weighted by atomic mass is 16.4. The van der Waals surface area contributed by atoms with Crippen molar-refractivity contribution in [3.63, 3.8) is 0 Å². The van der Waals surface area contributed by atoms with Crippen molar-refractivity contribution in [2.24, 2.45) is 0 Å². The van der Waals surface area contributed by atoms with Gasteiger partial charge in [0.25, 0.3) is 0 Å². The lowest BCUT2D eigenvalue weighted by molar-refractivity contribution is -0.139. The minimum Gasteiger partial charge on any atom is -0.480 e. The average Bonchev–Trinajstić information content (AvgIpc) is 3.16. The first-order valence-electron chi connectivity index (χ1n) is 9.22. The van der Waals surface area contributed by atoms with Gasteiger partial charge in [-0.25, -0.2) is 4.98 Å². The van der Waals surface area contributed by atoms with Gasteiger partial charge in [0, 0.05) is 12.2 Å². The second kappa shape index (κ2) is 8.06. The number of nitrogens with one attached hydrogen (secondary N) is 1. The molecule has 1 aromatic heterocycles. The van der Waals surface area contributed by atoms with Crippen LogP contribution < -0.4 is 5.32 Å². The Kier molecular flexibility index (Phi) is 5.17. The van der Waals surface area contributed by atoms with Gasteiger partial charge >= 0.3 is 5.97 Å². The first-order valence-corrected chi connectivity index (χ1v) is 9.22. The summed E-state index contributed by atoms with van der Waals surface area (Å²) in [7, 11) is 0. The van der Waals surface area contributed by atoms with E-state index in [9.17, 15) is 9.90 Å². The van der Waals surface area contributed by atoms with E-state index < -0.39 is 12.0 Å². The number of para-hydroxylation sites is 2. The van der Waals surface area contributed by atoms with Crippen molar-refractivity contribution in [2.45, 2.75) is 19.0 Å². The number of aliphatic carboxylic acids is 1. The summed E-state index contributed by atoms with van der Waals surface area (Å²) in [4.78, 5) is 16.0. The zero-order chi connectivity index (χ0) is 19.3. The quantitative estimate of drug-likeness (QED) is 0.518. The molecule has 0 unspecified atom stereocenters. The standard InChI is InChI=1S/C23H21N3O2/c27-23(28)21(14-17-6-2-1-3-7-17)24-15-18-10-12-19(13-11-18)26-16-25-20-8-4-5-9-22(20)26/h1-13,16,21,24H,14-15H2,(H,27,28)/t21-/m0/s1. The molecule has 0 aliphatic rings. The molecule has 5 heteroatoms. The van der Waals surface area contributed by atoms with Crippen LogP contribution in [-0.2, 0) is 17.8 Å². The van der Waals surface area contributed by atoms with Crippen LogP contribution in [0.3, 0.4) is 0 Å². The number of carboxylic acids is 1. The van der Waals surface area contributed by atoms with Crippen LogP contribution in [0.4, 0.5) is 0 Å². The normalized spacial score (nSPS) is 12.1. The number of imidazole rings is 1. The van der Waals surface area contributed by atoms with Crippen molar-refractivity contribution in [1.82, 2.24) is 14.9 Å². The molecule has 140 valence electrons. The van der Waals surface area contributed by atoms with E-state index in [-0.39, 0.29) is 0 Å². The Morgan fingerprint density at radius 3 is 2.39 bits per heavy atom. The predicted molar refractivity (Wildman–Crippen MR) is 109 cm³/mol. The number of nitrogens with zero attached hydrogens (tertiary/aromatic N) is 2. The number of aromatic nitrogens is 2. The van der Waals surface area contributed by atoms with Gasteiger partial charge in [0.2, 0.25) is 0 Å². The molecule has 0 radical (unpaired) electrons.